The number of nitro groups is 1. The Balaban J connectivity index is 2.48. The van der Waals surface area contributed by atoms with E-state index < -0.39 is 23.2 Å². The van der Waals surface area contributed by atoms with Gasteiger partial charge in [0.2, 0.25) is 0 Å². The summed E-state index contributed by atoms with van der Waals surface area (Å²) >= 11 is 0. The number of rotatable bonds is 3. The van der Waals surface area contributed by atoms with Gasteiger partial charge >= 0.3 is 7.12 Å². The molecule has 1 aromatic rings. The summed E-state index contributed by atoms with van der Waals surface area (Å²) in [5.41, 5.74) is -0.182. The molecule has 1 aliphatic rings. The highest BCUT2D eigenvalue weighted by atomic mass is 16.7. The van der Waals surface area contributed by atoms with Crippen molar-refractivity contribution in [3.05, 3.63) is 28.3 Å². The molecule has 1 fully saturated rings. The zero-order valence-electron chi connectivity index (χ0n) is 12.4. The smallest absolute Gasteiger partial charge is 0.399 e. The summed E-state index contributed by atoms with van der Waals surface area (Å²) in [6.45, 7) is 7.67. The highest BCUT2D eigenvalue weighted by Gasteiger charge is 2.53. The van der Waals surface area contributed by atoms with Gasteiger partial charge in [-0.1, -0.05) is 12.1 Å². The molecule has 6 nitrogen and oxygen atoms in total. The van der Waals surface area contributed by atoms with Crippen molar-refractivity contribution < 1.29 is 14.2 Å². The van der Waals surface area contributed by atoms with Crippen molar-refractivity contribution in [2.45, 2.75) is 38.9 Å². The van der Waals surface area contributed by atoms with Crippen molar-refractivity contribution in [3.8, 4) is 0 Å². The fourth-order valence-corrected chi connectivity index (χ4v) is 2.13. The number of anilines is 1. The summed E-state index contributed by atoms with van der Waals surface area (Å²) in [5.74, 6) is 0. The lowest BCUT2D eigenvalue weighted by molar-refractivity contribution is -0.382. The van der Waals surface area contributed by atoms with E-state index in [-0.39, 0.29) is 5.69 Å². The first-order valence-electron chi connectivity index (χ1n) is 6.50. The lowest BCUT2D eigenvalue weighted by Crippen LogP contribution is -2.41. The SMILES string of the molecule is CNc1cccc(B2OC(C)(C)C(C)(C)O2)c1[N+](=O)[O-]. The molecule has 2 rings (SSSR count). The molecule has 0 aliphatic carbocycles. The molecular formula is C13H19BN2O4. The van der Waals surface area contributed by atoms with Gasteiger partial charge in [-0.25, -0.2) is 0 Å². The van der Waals surface area contributed by atoms with Crippen LogP contribution in [-0.2, 0) is 9.31 Å². The van der Waals surface area contributed by atoms with Crippen LogP contribution in [0.15, 0.2) is 18.2 Å². The largest absolute Gasteiger partial charge is 0.502 e. The Kier molecular flexibility index (Phi) is 3.52. The summed E-state index contributed by atoms with van der Waals surface area (Å²) in [5, 5.41) is 14.2. The summed E-state index contributed by atoms with van der Waals surface area (Å²) < 4.78 is 11.8. The molecule has 1 N–H and O–H groups in total. The Bertz CT molecular complexity index is 529. The third-order valence-corrected chi connectivity index (χ3v) is 4.03. The molecule has 7 heteroatoms. The van der Waals surface area contributed by atoms with Gasteiger partial charge in [-0.2, -0.15) is 0 Å². The van der Waals surface area contributed by atoms with Crippen LogP contribution in [0.2, 0.25) is 0 Å². The first-order chi connectivity index (χ1) is 9.19. The Labute approximate surface area is 118 Å². The van der Waals surface area contributed by atoms with Gasteiger partial charge in [0.1, 0.15) is 5.69 Å². The molecular weight excluding hydrogens is 259 g/mol. The minimum Gasteiger partial charge on any atom is -0.399 e. The van der Waals surface area contributed by atoms with E-state index in [1.54, 1.807) is 25.2 Å². The standard InChI is InChI=1S/C13H19BN2O4/c1-12(2)13(3,4)20-14(19-12)9-7-6-8-10(15-5)11(9)16(17)18/h6-8,15H,1-5H3. The molecule has 0 saturated carbocycles. The van der Waals surface area contributed by atoms with Crippen LogP contribution in [0.25, 0.3) is 0 Å². The fraction of sp³-hybridized carbons (Fsp3) is 0.538. The highest BCUT2D eigenvalue weighted by Crippen LogP contribution is 2.37. The van der Waals surface area contributed by atoms with Gasteiger partial charge in [-0.3, -0.25) is 10.1 Å². The van der Waals surface area contributed by atoms with Crippen LogP contribution in [0.3, 0.4) is 0 Å². The lowest BCUT2D eigenvalue weighted by atomic mass is 9.77. The van der Waals surface area contributed by atoms with Crippen LogP contribution in [0, 0.1) is 10.1 Å². The van der Waals surface area contributed by atoms with Gasteiger partial charge in [0.05, 0.1) is 21.6 Å². The molecule has 0 amide bonds. The van der Waals surface area contributed by atoms with Crippen LogP contribution in [0.4, 0.5) is 11.4 Å². The topological polar surface area (TPSA) is 73.6 Å². The van der Waals surface area contributed by atoms with Crippen molar-refractivity contribution >= 4 is 24.0 Å². The van der Waals surface area contributed by atoms with Crippen LogP contribution in [-0.4, -0.2) is 30.3 Å². The average Bonchev–Trinajstić information content (AvgIpc) is 2.57. The average molecular weight is 278 g/mol. The molecule has 0 atom stereocenters. The molecule has 1 aliphatic heterocycles. The molecule has 0 spiro atoms. The van der Waals surface area contributed by atoms with E-state index in [4.69, 9.17) is 9.31 Å². The lowest BCUT2D eigenvalue weighted by Gasteiger charge is -2.32. The van der Waals surface area contributed by atoms with Crippen molar-refractivity contribution in [2.75, 3.05) is 12.4 Å². The van der Waals surface area contributed by atoms with E-state index in [1.807, 2.05) is 27.7 Å². The second-order valence-electron chi connectivity index (χ2n) is 5.84. The van der Waals surface area contributed by atoms with E-state index >= 15 is 0 Å². The van der Waals surface area contributed by atoms with Gasteiger partial charge in [0.15, 0.2) is 0 Å². The predicted molar refractivity (Wildman–Crippen MR) is 78.4 cm³/mol. The Morgan fingerprint density at radius 2 is 1.75 bits per heavy atom. The molecule has 0 aromatic heterocycles. The number of benzene rings is 1. The van der Waals surface area contributed by atoms with Gasteiger partial charge in [0, 0.05) is 7.05 Å². The van der Waals surface area contributed by atoms with E-state index in [1.165, 1.54) is 0 Å². The van der Waals surface area contributed by atoms with Crippen molar-refractivity contribution in [2.24, 2.45) is 0 Å². The number of nitrogens with zero attached hydrogens (tertiary/aromatic N) is 1. The second kappa shape index (κ2) is 4.75. The first kappa shape index (κ1) is 14.8. The number of hydrogen-bond acceptors (Lipinski definition) is 5. The van der Waals surface area contributed by atoms with E-state index in [9.17, 15) is 10.1 Å². The highest BCUT2D eigenvalue weighted by molar-refractivity contribution is 6.63. The van der Waals surface area contributed by atoms with Crippen LogP contribution in [0.1, 0.15) is 27.7 Å². The third kappa shape index (κ3) is 2.27. The van der Waals surface area contributed by atoms with Crippen LogP contribution in [0.5, 0.6) is 0 Å². The number of nitrogens with one attached hydrogen (secondary N) is 1. The van der Waals surface area contributed by atoms with Gasteiger partial charge in [-0.05, 0) is 33.8 Å². The summed E-state index contributed by atoms with van der Waals surface area (Å²) in [4.78, 5) is 10.9. The fourth-order valence-electron chi connectivity index (χ4n) is 2.13. The minimum absolute atomic E-state index is 0.00602. The third-order valence-electron chi connectivity index (χ3n) is 4.03. The van der Waals surface area contributed by atoms with Crippen LogP contribution >= 0.6 is 0 Å². The summed E-state index contributed by atoms with van der Waals surface area (Å²) in [6, 6.07) is 5.08. The summed E-state index contributed by atoms with van der Waals surface area (Å²) in [7, 11) is 0.907. The van der Waals surface area contributed by atoms with E-state index in [0.29, 0.717) is 11.2 Å². The monoisotopic (exact) mass is 278 g/mol. The molecule has 108 valence electrons. The maximum atomic E-state index is 11.3. The molecule has 1 heterocycles. The Hall–Kier alpha value is -1.60. The second-order valence-corrected chi connectivity index (χ2v) is 5.84. The van der Waals surface area contributed by atoms with Gasteiger partial charge < -0.3 is 14.6 Å². The van der Waals surface area contributed by atoms with Crippen LogP contribution < -0.4 is 10.8 Å². The quantitative estimate of drug-likeness (QED) is 0.519. The van der Waals surface area contributed by atoms with Gasteiger partial charge in [0.25, 0.3) is 5.69 Å². The first-order valence-corrected chi connectivity index (χ1v) is 6.50. The maximum absolute atomic E-state index is 11.3. The Morgan fingerprint density at radius 1 is 1.20 bits per heavy atom. The number of nitro benzene ring substituents is 1. The normalized spacial score (nSPS) is 19.9. The molecule has 0 unspecified atom stereocenters. The number of para-hydroxylation sites is 1. The molecule has 20 heavy (non-hydrogen) atoms. The minimum atomic E-state index is -0.742. The van der Waals surface area contributed by atoms with E-state index in [2.05, 4.69) is 5.32 Å². The van der Waals surface area contributed by atoms with Crippen molar-refractivity contribution in [1.29, 1.82) is 0 Å². The Morgan fingerprint density at radius 3 is 2.20 bits per heavy atom. The summed E-state index contributed by atoms with van der Waals surface area (Å²) in [6.07, 6.45) is 0. The maximum Gasteiger partial charge on any atom is 0.502 e. The molecule has 0 bridgehead atoms. The van der Waals surface area contributed by atoms with Crippen molar-refractivity contribution in [1.82, 2.24) is 0 Å². The zero-order chi connectivity index (χ0) is 15.1. The van der Waals surface area contributed by atoms with Gasteiger partial charge in [-0.15, -0.1) is 0 Å². The molecule has 1 aromatic carbocycles. The van der Waals surface area contributed by atoms with E-state index in [0.717, 1.165) is 0 Å². The predicted octanol–water partition coefficient (Wildman–Crippen LogP) is 1.94. The van der Waals surface area contributed by atoms with Crippen molar-refractivity contribution in [3.63, 3.8) is 0 Å². The number of hydrogen-bond donors (Lipinski definition) is 1. The molecule has 1 saturated heterocycles. The molecule has 0 radical (unpaired) electrons. The zero-order valence-corrected chi connectivity index (χ0v) is 12.4.